The molecule has 1 N–H and O–H groups in total. The minimum atomic E-state index is 0.267. The summed E-state index contributed by atoms with van der Waals surface area (Å²) in [7, 11) is 4.36. The van der Waals surface area contributed by atoms with Crippen molar-refractivity contribution in [2.24, 2.45) is 11.8 Å². The van der Waals surface area contributed by atoms with Crippen LogP contribution in [0.2, 0.25) is 0 Å². The lowest BCUT2D eigenvalue weighted by Gasteiger charge is -2.41. The summed E-state index contributed by atoms with van der Waals surface area (Å²) < 4.78 is 0. The van der Waals surface area contributed by atoms with E-state index in [1.54, 1.807) is 0 Å². The van der Waals surface area contributed by atoms with Crippen molar-refractivity contribution in [2.45, 2.75) is 70.4 Å². The predicted octanol–water partition coefficient (Wildman–Crippen LogP) is 3.28. The van der Waals surface area contributed by atoms with Gasteiger partial charge in [0.2, 0.25) is 0 Å². The van der Waals surface area contributed by atoms with Gasteiger partial charge >= 0.3 is 0 Å². The van der Waals surface area contributed by atoms with Gasteiger partial charge in [0.25, 0.3) is 0 Å². The first-order valence-corrected chi connectivity index (χ1v) is 7.90. The van der Waals surface area contributed by atoms with Gasteiger partial charge < -0.3 is 10.2 Å². The SMILES string of the molecule is CN(C)C(C)(C)CNC1CCC2CCCCC2C1. The average Bonchev–Trinajstić information content (AvgIpc) is 2.36. The van der Waals surface area contributed by atoms with Crippen LogP contribution < -0.4 is 5.32 Å². The topological polar surface area (TPSA) is 15.3 Å². The third-order valence-electron chi connectivity index (χ3n) is 5.57. The molecule has 0 aromatic carbocycles. The van der Waals surface area contributed by atoms with E-state index in [0.29, 0.717) is 0 Å². The van der Waals surface area contributed by atoms with Crippen molar-refractivity contribution in [3.05, 3.63) is 0 Å². The normalized spacial score (nSPS) is 33.5. The first-order chi connectivity index (χ1) is 8.49. The van der Waals surface area contributed by atoms with E-state index < -0.39 is 0 Å². The predicted molar refractivity (Wildman–Crippen MR) is 78.9 cm³/mol. The second kappa shape index (κ2) is 5.92. The molecule has 2 rings (SSSR count). The maximum Gasteiger partial charge on any atom is 0.0271 e. The Balaban J connectivity index is 1.78. The lowest BCUT2D eigenvalue weighted by molar-refractivity contribution is 0.127. The van der Waals surface area contributed by atoms with Crippen molar-refractivity contribution >= 4 is 0 Å². The highest BCUT2D eigenvalue weighted by atomic mass is 15.2. The molecule has 2 nitrogen and oxygen atoms in total. The highest BCUT2D eigenvalue weighted by molar-refractivity contribution is 4.88. The molecule has 0 bridgehead atoms. The van der Waals surface area contributed by atoms with Gasteiger partial charge in [-0.05, 0) is 59.0 Å². The number of rotatable bonds is 4. The van der Waals surface area contributed by atoms with Gasteiger partial charge in [0.15, 0.2) is 0 Å². The van der Waals surface area contributed by atoms with Gasteiger partial charge in [-0.25, -0.2) is 0 Å². The van der Waals surface area contributed by atoms with E-state index in [1.807, 2.05) is 0 Å². The number of nitrogens with one attached hydrogen (secondary N) is 1. The summed E-state index contributed by atoms with van der Waals surface area (Å²) in [5.41, 5.74) is 0.267. The van der Waals surface area contributed by atoms with Gasteiger partial charge in [-0.3, -0.25) is 0 Å². The van der Waals surface area contributed by atoms with Gasteiger partial charge in [0, 0.05) is 18.1 Å². The highest BCUT2D eigenvalue weighted by Gasteiger charge is 2.32. The number of likely N-dealkylation sites (N-methyl/N-ethyl adjacent to an activating group) is 1. The van der Waals surface area contributed by atoms with Crippen molar-refractivity contribution in [3.8, 4) is 0 Å². The monoisotopic (exact) mass is 252 g/mol. The van der Waals surface area contributed by atoms with Crippen LogP contribution in [0.15, 0.2) is 0 Å². The quantitative estimate of drug-likeness (QED) is 0.826. The molecule has 0 spiro atoms. The van der Waals surface area contributed by atoms with Gasteiger partial charge in [-0.1, -0.05) is 25.7 Å². The lowest BCUT2D eigenvalue weighted by Crippen LogP contribution is -2.50. The molecule has 18 heavy (non-hydrogen) atoms. The Bertz CT molecular complexity index is 260. The Morgan fingerprint density at radius 1 is 1.00 bits per heavy atom. The van der Waals surface area contributed by atoms with Crippen LogP contribution in [0, 0.1) is 11.8 Å². The maximum absolute atomic E-state index is 3.83. The highest BCUT2D eigenvalue weighted by Crippen LogP contribution is 2.40. The van der Waals surface area contributed by atoms with E-state index in [9.17, 15) is 0 Å². The molecule has 3 atom stereocenters. The summed E-state index contributed by atoms with van der Waals surface area (Å²) in [5.74, 6) is 2.10. The van der Waals surface area contributed by atoms with E-state index in [1.165, 1.54) is 44.9 Å². The largest absolute Gasteiger partial charge is 0.312 e. The van der Waals surface area contributed by atoms with E-state index in [2.05, 4.69) is 38.2 Å². The molecule has 2 saturated carbocycles. The summed E-state index contributed by atoms with van der Waals surface area (Å²) in [6.07, 6.45) is 10.3. The number of hydrogen-bond acceptors (Lipinski definition) is 2. The summed E-state index contributed by atoms with van der Waals surface area (Å²) >= 11 is 0. The zero-order chi connectivity index (χ0) is 13.2. The van der Waals surface area contributed by atoms with Crippen LogP contribution in [0.3, 0.4) is 0 Å². The van der Waals surface area contributed by atoms with Crippen molar-refractivity contribution < 1.29 is 0 Å². The molecule has 2 aliphatic rings. The standard InChI is InChI=1S/C16H32N2/c1-16(2,18(3)4)12-17-15-10-9-13-7-5-6-8-14(13)11-15/h13-15,17H,5-12H2,1-4H3. The van der Waals surface area contributed by atoms with Gasteiger partial charge in [0.05, 0.1) is 0 Å². The number of hydrogen-bond donors (Lipinski definition) is 1. The molecular formula is C16H32N2. The molecule has 0 aromatic rings. The van der Waals surface area contributed by atoms with Crippen molar-refractivity contribution in [1.29, 1.82) is 0 Å². The minimum Gasteiger partial charge on any atom is -0.312 e. The van der Waals surface area contributed by atoms with Crippen LogP contribution in [0.5, 0.6) is 0 Å². The molecule has 0 radical (unpaired) electrons. The molecule has 0 saturated heterocycles. The fourth-order valence-electron chi connectivity index (χ4n) is 3.61. The fourth-order valence-corrected chi connectivity index (χ4v) is 3.61. The number of fused-ring (bicyclic) bond motifs is 1. The molecule has 2 fully saturated rings. The average molecular weight is 252 g/mol. The Kier molecular flexibility index (Phi) is 4.71. The van der Waals surface area contributed by atoms with Crippen molar-refractivity contribution in [2.75, 3.05) is 20.6 Å². The van der Waals surface area contributed by atoms with Gasteiger partial charge in [0.1, 0.15) is 0 Å². The summed E-state index contributed by atoms with van der Waals surface area (Å²) in [5, 5.41) is 3.83. The Hall–Kier alpha value is -0.0800. The smallest absolute Gasteiger partial charge is 0.0271 e. The molecule has 0 aromatic heterocycles. The summed E-state index contributed by atoms with van der Waals surface area (Å²) in [6.45, 7) is 5.76. The Morgan fingerprint density at radius 2 is 1.67 bits per heavy atom. The zero-order valence-corrected chi connectivity index (χ0v) is 12.8. The summed E-state index contributed by atoms with van der Waals surface area (Å²) in [4.78, 5) is 2.33. The van der Waals surface area contributed by atoms with E-state index >= 15 is 0 Å². The van der Waals surface area contributed by atoms with Gasteiger partial charge in [-0.15, -0.1) is 0 Å². The van der Waals surface area contributed by atoms with E-state index in [4.69, 9.17) is 0 Å². The molecule has 0 aliphatic heterocycles. The van der Waals surface area contributed by atoms with Crippen molar-refractivity contribution in [3.63, 3.8) is 0 Å². The first-order valence-electron chi connectivity index (χ1n) is 7.90. The Labute approximate surface area is 114 Å². The van der Waals surface area contributed by atoms with Crippen LogP contribution in [-0.4, -0.2) is 37.1 Å². The van der Waals surface area contributed by atoms with Crippen LogP contribution in [0.4, 0.5) is 0 Å². The second-order valence-electron chi connectivity index (χ2n) is 7.40. The van der Waals surface area contributed by atoms with Gasteiger partial charge in [-0.2, -0.15) is 0 Å². The molecule has 0 amide bonds. The molecule has 0 heterocycles. The summed E-state index contributed by atoms with van der Waals surface area (Å²) in [6, 6.07) is 0.781. The molecule has 2 heteroatoms. The third kappa shape index (κ3) is 3.48. The molecule has 2 aliphatic carbocycles. The number of nitrogens with zero attached hydrogens (tertiary/aromatic N) is 1. The molecular weight excluding hydrogens is 220 g/mol. The van der Waals surface area contributed by atoms with Crippen LogP contribution in [0.1, 0.15) is 58.8 Å². The first kappa shape index (κ1) is 14.3. The minimum absolute atomic E-state index is 0.267. The Morgan fingerprint density at radius 3 is 2.33 bits per heavy atom. The third-order valence-corrected chi connectivity index (χ3v) is 5.57. The molecule has 106 valence electrons. The van der Waals surface area contributed by atoms with Crippen LogP contribution in [0.25, 0.3) is 0 Å². The van der Waals surface area contributed by atoms with Crippen molar-refractivity contribution in [1.82, 2.24) is 10.2 Å². The van der Waals surface area contributed by atoms with Crippen LogP contribution in [-0.2, 0) is 0 Å². The van der Waals surface area contributed by atoms with E-state index in [-0.39, 0.29) is 5.54 Å². The second-order valence-corrected chi connectivity index (χ2v) is 7.40. The molecule has 3 unspecified atom stereocenters. The van der Waals surface area contributed by atoms with Crippen LogP contribution >= 0.6 is 0 Å². The zero-order valence-electron chi connectivity index (χ0n) is 12.8. The maximum atomic E-state index is 3.83. The van der Waals surface area contributed by atoms with E-state index in [0.717, 1.165) is 24.4 Å². The fraction of sp³-hybridized carbons (Fsp3) is 1.00. The lowest BCUT2D eigenvalue weighted by atomic mass is 9.69.